The van der Waals surface area contributed by atoms with Gasteiger partial charge in [0.25, 0.3) is 11.2 Å². The number of amides is 2. The highest BCUT2D eigenvalue weighted by Crippen LogP contribution is 2.56. The average Bonchev–Trinajstić information content (AvgIpc) is 3.53. The third-order valence-corrected chi connectivity index (χ3v) is 8.65. The second kappa shape index (κ2) is 8.15. The number of benzene rings is 3. The molecule has 1 N–H and O–H groups in total. The van der Waals surface area contributed by atoms with E-state index < -0.39 is 34.2 Å². The fraction of sp³-hybridized carbons (Fsp3) is 0.267. The van der Waals surface area contributed by atoms with Crippen LogP contribution in [0.4, 0.5) is 11.4 Å². The Labute approximate surface area is 228 Å². The minimum atomic E-state index is -1.23. The van der Waals surface area contributed by atoms with Crippen LogP contribution in [0, 0.1) is 34.8 Å². The number of nitrogens with one attached hydrogen (secondary N) is 1. The lowest BCUT2D eigenvalue weighted by Gasteiger charge is -2.32. The number of imide groups is 1. The van der Waals surface area contributed by atoms with Crippen molar-refractivity contribution >= 4 is 34.1 Å². The van der Waals surface area contributed by atoms with Gasteiger partial charge in [0.05, 0.1) is 39.0 Å². The monoisotopic (exact) mass is 535 g/mol. The lowest BCUT2D eigenvalue weighted by molar-refractivity contribution is -0.384. The molecular formula is C30H25N5O5. The number of fused-ring (bicyclic) bond motifs is 8. The van der Waals surface area contributed by atoms with Gasteiger partial charge in [-0.3, -0.25) is 34.4 Å². The molecule has 0 bridgehead atoms. The van der Waals surface area contributed by atoms with Crippen LogP contribution in [0.1, 0.15) is 30.8 Å². The van der Waals surface area contributed by atoms with Crippen LogP contribution in [0.2, 0.25) is 0 Å². The maximum Gasteiger partial charge on any atom is 0.269 e. The van der Waals surface area contributed by atoms with Crippen LogP contribution in [0.3, 0.4) is 0 Å². The summed E-state index contributed by atoms with van der Waals surface area (Å²) in [5, 5.41) is 15.5. The molecule has 1 spiro atoms. The average molecular weight is 536 g/mol. The number of rotatable bonds is 3. The molecule has 0 radical (unpaired) electrons. The highest BCUT2D eigenvalue weighted by Gasteiger charge is 2.70. The number of nitro benzene ring substituents is 1. The van der Waals surface area contributed by atoms with E-state index in [2.05, 4.69) is 5.32 Å². The van der Waals surface area contributed by atoms with Crippen molar-refractivity contribution in [1.82, 2.24) is 14.9 Å². The number of carbonyl (C=O) groups excluding carboxylic acids is 2. The molecule has 10 nitrogen and oxygen atoms in total. The van der Waals surface area contributed by atoms with Gasteiger partial charge in [0, 0.05) is 23.7 Å². The van der Waals surface area contributed by atoms with Gasteiger partial charge < -0.3 is 0 Å². The van der Waals surface area contributed by atoms with Gasteiger partial charge in [-0.1, -0.05) is 44.2 Å². The van der Waals surface area contributed by atoms with Crippen LogP contribution >= 0.6 is 0 Å². The lowest BCUT2D eigenvalue weighted by atomic mass is 9.75. The van der Waals surface area contributed by atoms with E-state index in [4.69, 9.17) is 4.98 Å². The number of hydrogen-bond acceptors (Lipinski definition) is 7. The first-order valence-electron chi connectivity index (χ1n) is 13.2. The van der Waals surface area contributed by atoms with E-state index >= 15 is 0 Å². The molecule has 0 aliphatic carbocycles. The van der Waals surface area contributed by atoms with Gasteiger partial charge in [-0.15, -0.1) is 0 Å². The molecule has 3 aliphatic heterocycles. The first-order valence-corrected chi connectivity index (χ1v) is 13.2. The van der Waals surface area contributed by atoms with Gasteiger partial charge in [0.2, 0.25) is 11.8 Å². The summed E-state index contributed by atoms with van der Waals surface area (Å²) in [6, 6.07) is 18.3. The molecule has 3 aromatic carbocycles. The summed E-state index contributed by atoms with van der Waals surface area (Å²) in [5.74, 6) is -2.05. The van der Waals surface area contributed by atoms with Gasteiger partial charge >= 0.3 is 0 Å². The Hall–Kier alpha value is -4.70. The molecule has 4 aromatic rings. The van der Waals surface area contributed by atoms with E-state index in [0.717, 1.165) is 5.56 Å². The van der Waals surface area contributed by atoms with Crippen molar-refractivity contribution in [3.8, 4) is 5.69 Å². The van der Waals surface area contributed by atoms with Crippen molar-refractivity contribution in [2.24, 2.45) is 17.8 Å². The molecule has 1 aromatic heterocycles. The normalized spacial score (nSPS) is 24.7. The lowest BCUT2D eigenvalue weighted by Crippen LogP contribution is -2.51. The number of non-ortho nitro benzene ring substituents is 1. The number of para-hydroxylation sites is 2. The SMILES string of the molecule is Cc1cc([N+](=O)[O-])ccc1N1C(=O)[C@@H]2[C@H](C(C)C)N[C@@]3(c4ccccc4-n4c3nc3ccccc3c4=O)[C@H]2C1=O. The van der Waals surface area contributed by atoms with Gasteiger partial charge in [-0.2, -0.15) is 0 Å². The van der Waals surface area contributed by atoms with Crippen molar-refractivity contribution in [1.29, 1.82) is 0 Å². The first-order chi connectivity index (χ1) is 19.2. The fourth-order valence-electron chi connectivity index (χ4n) is 6.97. The molecule has 0 saturated carbocycles. The van der Waals surface area contributed by atoms with Crippen LogP contribution in [0.5, 0.6) is 0 Å². The van der Waals surface area contributed by atoms with E-state index in [9.17, 15) is 24.5 Å². The Kier molecular flexibility index (Phi) is 4.96. The predicted octanol–water partition coefficient (Wildman–Crippen LogP) is 3.59. The molecule has 7 rings (SSSR count). The summed E-state index contributed by atoms with van der Waals surface area (Å²) in [5.41, 5.74) is 1.05. The van der Waals surface area contributed by atoms with Crippen LogP contribution in [0.15, 0.2) is 71.5 Å². The van der Waals surface area contributed by atoms with Gasteiger partial charge in [0.1, 0.15) is 11.4 Å². The number of anilines is 1. The smallest absolute Gasteiger partial charge is 0.269 e. The van der Waals surface area contributed by atoms with E-state index in [-0.39, 0.29) is 23.1 Å². The number of aromatic nitrogens is 2. The van der Waals surface area contributed by atoms with Crippen molar-refractivity contribution < 1.29 is 14.5 Å². The fourth-order valence-corrected chi connectivity index (χ4v) is 6.97. The second-order valence-electron chi connectivity index (χ2n) is 11.1. The van der Waals surface area contributed by atoms with Crippen molar-refractivity contribution in [3.05, 3.63) is 104 Å². The number of nitro groups is 1. The highest BCUT2D eigenvalue weighted by molar-refractivity contribution is 6.23. The Morgan fingerprint density at radius 1 is 0.975 bits per heavy atom. The summed E-state index contributed by atoms with van der Waals surface area (Å²) in [6.45, 7) is 5.64. The second-order valence-corrected chi connectivity index (χ2v) is 11.1. The Morgan fingerprint density at radius 2 is 1.70 bits per heavy atom. The molecule has 10 heteroatoms. The molecule has 2 fully saturated rings. The molecule has 4 heterocycles. The van der Waals surface area contributed by atoms with Gasteiger partial charge in [-0.25, -0.2) is 9.88 Å². The van der Waals surface area contributed by atoms with Crippen molar-refractivity contribution in [3.63, 3.8) is 0 Å². The number of hydrogen-bond donors (Lipinski definition) is 1. The van der Waals surface area contributed by atoms with Crippen LogP contribution in [-0.2, 0) is 15.1 Å². The molecule has 2 amide bonds. The Bertz CT molecular complexity index is 1860. The molecule has 4 atom stereocenters. The zero-order valence-electron chi connectivity index (χ0n) is 22.0. The molecule has 200 valence electrons. The Morgan fingerprint density at radius 3 is 2.42 bits per heavy atom. The standard InChI is InChI=1S/C30H25N5O5/c1-15(2)25-23-24(28(38)33(27(23)37)21-13-12-17(35(39)40)14-16(21)3)30(32-25)19-9-5-7-11-22(19)34-26(36)18-8-4-6-10-20(18)31-29(30)34/h4-15,23-25,32H,1-3H3/t23-,24+,25-,30-/m0/s1. The Balaban J connectivity index is 1.50. The largest absolute Gasteiger partial charge is 0.296 e. The van der Waals surface area contributed by atoms with E-state index in [1.807, 2.05) is 44.2 Å². The van der Waals surface area contributed by atoms with Crippen LogP contribution < -0.4 is 15.8 Å². The van der Waals surface area contributed by atoms with E-state index in [1.165, 1.54) is 23.1 Å². The maximum atomic E-state index is 14.5. The van der Waals surface area contributed by atoms with Crippen molar-refractivity contribution in [2.45, 2.75) is 32.4 Å². The topological polar surface area (TPSA) is 127 Å². The maximum absolute atomic E-state index is 14.5. The predicted molar refractivity (Wildman–Crippen MR) is 147 cm³/mol. The van der Waals surface area contributed by atoms with Gasteiger partial charge in [0.15, 0.2) is 0 Å². The number of carbonyl (C=O) groups is 2. The number of aryl methyl sites for hydroxylation is 1. The third kappa shape index (κ3) is 2.91. The summed E-state index contributed by atoms with van der Waals surface area (Å²) < 4.78 is 1.57. The highest BCUT2D eigenvalue weighted by atomic mass is 16.6. The summed E-state index contributed by atoms with van der Waals surface area (Å²) in [6.07, 6.45) is 0. The zero-order chi connectivity index (χ0) is 28.1. The van der Waals surface area contributed by atoms with E-state index in [1.54, 1.807) is 29.7 Å². The minimum absolute atomic E-state index is 0.0325. The quantitative estimate of drug-likeness (QED) is 0.241. The summed E-state index contributed by atoms with van der Waals surface area (Å²) in [4.78, 5) is 59.5. The molecule has 2 saturated heterocycles. The van der Waals surface area contributed by atoms with Crippen LogP contribution in [-0.4, -0.2) is 32.3 Å². The van der Waals surface area contributed by atoms with Crippen LogP contribution in [0.25, 0.3) is 16.6 Å². The third-order valence-electron chi connectivity index (χ3n) is 8.65. The number of nitrogens with zero attached hydrogens (tertiary/aromatic N) is 4. The van der Waals surface area contributed by atoms with E-state index in [0.29, 0.717) is 33.7 Å². The zero-order valence-corrected chi connectivity index (χ0v) is 22.0. The minimum Gasteiger partial charge on any atom is -0.296 e. The first kappa shape index (κ1) is 24.3. The molecule has 40 heavy (non-hydrogen) atoms. The molecule has 0 unspecified atom stereocenters. The summed E-state index contributed by atoms with van der Waals surface area (Å²) in [7, 11) is 0. The van der Waals surface area contributed by atoms with Crippen molar-refractivity contribution in [2.75, 3.05) is 4.90 Å². The molecular weight excluding hydrogens is 510 g/mol. The molecule has 3 aliphatic rings. The summed E-state index contributed by atoms with van der Waals surface area (Å²) >= 11 is 0. The van der Waals surface area contributed by atoms with Gasteiger partial charge in [-0.05, 0) is 42.7 Å².